The van der Waals surface area contributed by atoms with Gasteiger partial charge < -0.3 is 9.47 Å². The molecule has 4 heteroatoms. The Kier molecular flexibility index (Phi) is 3.16. The Hall–Kier alpha value is -1.06. The van der Waals surface area contributed by atoms with Crippen LogP contribution in [0.1, 0.15) is 59.3 Å². The Bertz CT molecular complexity index is 465. The second kappa shape index (κ2) is 4.47. The maximum absolute atomic E-state index is 12.4. The van der Waals surface area contributed by atoms with E-state index in [1.54, 1.807) is 0 Å². The van der Waals surface area contributed by atoms with Crippen LogP contribution in [-0.4, -0.2) is 24.6 Å². The average molecular weight is 294 g/mol. The maximum Gasteiger partial charge on any atom is 0.311 e. The largest absolute Gasteiger partial charge is 0.469 e. The van der Waals surface area contributed by atoms with Gasteiger partial charge >= 0.3 is 11.9 Å². The Labute approximate surface area is 126 Å². The minimum absolute atomic E-state index is 0.0559. The molecule has 0 aromatic rings. The van der Waals surface area contributed by atoms with E-state index in [9.17, 15) is 9.59 Å². The standard InChI is InChI=1S/C17H26O4/c1-11(18)21-15(2,3)17-8-12-5-13(9-17)7-16(6-12,10-17)14(19)20-4/h12-13H,5-10H2,1-4H3/t12-,13+,16?,17?. The van der Waals surface area contributed by atoms with Gasteiger partial charge in [0, 0.05) is 12.3 Å². The molecule has 118 valence electrons. The molecule has 0 heterocycles. The lowest BCUT2D eigenvalue weighted by atomic mass is 9.41. The zero-order valence-corrected chi connectivity index (χ0v) is 13.5. The van der Waals surface area contributed by atoms with E-state index in [1.807, 2.05) is 13.8 Å². The maximum atomic E-state index is 12.4. The second-order valence-electron chi connectivity index (χ2n) is 8.12. The highest BCUT2D eigenvalue weighted by atomic mass is 16.6. The van der Waals surface area contributed by atoms with Crippen LogP contribution in [0.25, 0.3) is 0 Å². The fourth-order valence-corrected chi connectivity index (χ4v) is 5.89. The van der Waals surface area contributed by atoms with Gasteiger partial charge in [-0.3, -0.25) is 9.59 Å². The third-order valence-corrected chi connectivity index (χ3v) is 6.36. The van der Waals surface area contributed by atoms with Crippen LogP contribution in [0.15, 0.2) is 0 Å². The third-order valence-electron chi connectivity index (χ3n) is 6.36. The van der Waals surface area contributed by atoms with Gasteiger partial charge in [0.1, 0.15) is 5.60 Å². The van der Waals surface area contributed by atoms with Gasteiger partial charge in [-0.25, -0.2) is 0 Å². The lowest BCUT2D eigenvalue weighted by Crippen LogP contribution is -2.62. The van der Waals surface area contributed by atoms with E-state index in [-0.39, 0.29) is 22.8 Å². The molecule has 4 fully saturated rings. The first kappa shape index (κ1) is 14.9. The summed E-state index contributed by atoms with van der Waals surface area (Å²) in [6, 6.07) is 0. The zero-order chi connectivity index (χ0) is 15.5. The molecule has 4 atom stereocenters. The molecule has 4 bridgehead atoms. The predicted octanol–water partition coefficient (Wildman–Crippen LogP) is 3.09. The molecule has 4 nitrogen and oxygen atoms in total. The van der Waals surface area contributed by atoms with Gasteiger partial charge in [-0.1, -0.05) is 0 Å². The molecule has 0 spiro atoms. The van der Waals surface area contributed by atoms with Gasteiger partial charge in [0.25, 0.3) is 0 Å². The molecule has 21 heavy (non-hydrogen) atoms. The minimum atomic E-state index is -0.518. The number of carbonyl (C=O) groups is 2. The molecule has 0 aromatic heterocycles. The van der Waals surface area contributed by atoms with Crippen LogP contribution in [0, 0.1) is 22.7 Å². The molecule has 4 rings (SSSR count). The highest BCUT2D eigenvalue weighted by molar-refractivity contribution is 5.77. The molecule has 4 aliphatic rings. The van der Waals surface area contributed by atoms with Crippen molar-refractivity contribution in [1.82, 2.24) is 0 Å². The predicted molar refractivity (Wildman–Crippen MR) is 77.4 cm³/mol. The van der Waals surface area contributed by atoms with Crippen LogP contribution >= 0.6 is 0 Å². The monoisotopic (exact) mass is 294 g/mol. The molecule has 4 saturated carbocycles. The fraction of sp³-hybridized carbons (Fsp3) is 0.882. The van der Waals surface area contributed by atoms with E-state index in [0.29, 0.717) is 11.8 Å². The average Bonchev–Trinajstić information content (AvgIpc) is 2.34. The summed E-state index contributed by atoms with van der Waals surface area (Å²) in [5, 5.41) is 0. The van der Waals surface area contributed by atoms with E-state index in [1.165, 1.54) is 20.5 Å². The van der Waals surface area contributed by atoms with E-state index >= 15 is 0 Å². The Morgan fingerprint density at radius 3 is 2.14 bits per heavy atom. The number of hydrogen-bond acceptors (Lipinski definition) is 4. The van der Waals surface area contributed by atoms with Crippen molar-refractivity contribution in [3.8, 4) is 0 Å². The summed E-state index contributed by atoms with van der Waals surface area (Å²) >= 11 is 0. The summed E-state index contributed by atoms with van der Waals surface area (Å²) in [5.41, 5.74) is -0.928. The van der Waals surface area contributed by atoms with E-state index in [2.05, 4.69) is 0 Å². The molecule has 4 aliphatic carbocycles. The summed E-state index contributed by atoms with van der Waals surface area (Å²) < 4.78 is 10.8. The number of ether oxygens (including phenoxy) is 2. The second-order valence-corrected chi connectivity index (χ2v) is 8.12. The Balaban J connectivity index is 1.97. The molecule has 0 saturated heterocycles. The first-order chi connectivity index (χ1) is 9.72. The van der Waals surface area contributed by atoms with Gasteiger partial charge in [-0.05, 0) is 64.2 Å². The minimum Gasteiger partial charge on any atom is -0.469 e. The van der Waals surface area contributed by atoms with Gasteiger partial charge in [0.05, 0.1) is 12.5 Å². The van der Waals surface area contributed by atoms with Crippen molar-refractivity contribution in [2.45, 2.75) is 64.9 Å². The summed E-state index contributed by atoms with van der Waals surface area (Å²) in [7, 11) is 1.49. The summed E-state index contributed by atoms with van der Waals surface area (Å²) in [6.07, 6.45) is 6.07. The van der Waals surface area contributed by atoms with E-state index in [4.69, 9.17) is 9.47 Å². The van der Waals surface area contributed by atoms with Gasteiger partial charge in [0.2, 0.25) is 0 Å². The van der Waals surface area contributed by atoms with E-state index in [0.717, 1.165) is 32.1 Å². The normalized spacial score (nSPS) is 41.0. The van der Waals surface area contributed by atoms with Crippen LogP contribution in [0.3, 0.4) is 0 Å². The number of carbonyl (C=O) groups excluding carboxylic acids is 2. The van der Waals surface area contributed by atoms with Crippen molar-refractivity contribution in [1.29, 1.82) is 0 Å². The number of rotatable bonds is 3. The topological polar surface area (TPSA) is 52.6 Å². The lowest BCUT2D eigenvalue weighted by Gasteiger charge is -2.64. The molecular formula is C17H26O4. The van der Waals surface area contributed by atoms with Crippen LogP contribution < -0.4 is 0 Å². The lowest BCUT2D eigenvalue weighted by molar-refractivity contribution is -0.219. The van der Waals surface area contributed by atoms with Crippen LogP contribution in [0.5, 0.6) is 0 Å². The summed E-state index contributed by atoms with van der Waals surface area (Å²) in [4.78, 5) is 23.9. The highest BCUT2D eigenvalue weighted by Gasteiger charge is 2.65. The van der Waals surface area contributed by atoms with Crippen LogP contribution in [0.2, 0.25) is 0 Å². The molecule has 0 aliphatic heterocycles. The number of esters is 2. The zero-order valence-electron chi connectivity index (χ0n) is 13.5. The number of hydrogen-bond donors (Lipinski definition) is 0. The Morgan fingerprint density at radius 2 is 1.67 bits per heavy atom. The van der Waals surface area contributed by atoms with Gasteiger partial charge in [-0.15, -0.1) is 0 Å². The van der Waals surface area contributed by atoms with Crippen molar-refractivity contribution < 1.29 is 19.1 Å². The van der Waals surface area contributed by atoms with Crippen LogP contribution in [-0.2, 0) is 19.1 Å². The fourth-order valence-electron chi connectivity index (χ4n) is 5.89. The summed E-state index contributed by atoms with van der Waals surface area (Å²) in [5.74, 6) is 0.850. The smallest absolute Gasteiger partial charge is 0.311 e. The quantitative estimate of drug-likeness (QED) is 0.751. The van der Waals surface area contributed by atoms with Crippen molar-refractivity contribution >= 4 is 11.9 Å². The van der Waals surface area contributed by atoms with Crippen molar-refractivity contribution in [3.05, 3.63) is 0 Å². The summed E-state index contributed by atoms with van der Waals surface area (Å²) in [6.45, 7) is 5.51. The van der Waals surface area contributed by atoms with Crippen molar-refractivity contribution in [3.63, 3.8) is 0 Å². The van der Waals surface area contributed by atoms with Crippen molar-refractivity contribution in [2.75, 3.05) is 7.11 Å². The van der Waals surface area contributed by atoms with Crippen molar-refractivity contribution in [2.24, 2.45) is 22.7 Å². The first-order valence-electron chi connectivity index (χ1n) is 8.00. The third kappa shape index (κ3) is 2.09. The Morgan fingerprint density at radius 1 is 1.10 bits per heavy atom. The number of methoxy groups -OCH3 is 1. The molecule has 0 N–H and O–H groups in total. The highest BCUT2D eigenvalue weighted by Crippen LogP contribution is 2.68. The molecule has 0 radical (unpaired) electrons. The molecule has 2 unspecified atom stereocenters. The molecule has 0 aromatic carbocycles. The van der Waals surface area contributed by atoms with E-state index < -0.39 is 5.60 Å². The van der Waals surface area contributed by atoms with Gasteiger partial charge in [-0.2, -0.15) is 0 Å². The first-order valence-corrected chi connectivity index (χ1v) is 8.00. The SMILES string of the molecule is COC(=O)C12C[C@H]3C[C@@H](C1)CC(C(C)(C)OC(C)=O)(C3)C2. The molecular weight excluding hydrogens is 268 g/mol. The van der Waals surface area contributed by atoms with Crippen LogP contribution in [0.4, 0.5) is 0 Å². The molecule has 0 amide bonds. The van der Waals surface area contributed by atoms with Gasteiger partial charge in [0.15, 0.2) is 0 Å².